The molecule has 3 aliphatic rings. The van der Waals surface area contributed by atoms with Crippen LogP contribution in [0.25, 0.3) is 0 Å². The predicted molar refractivity (Wildman–Crippen MR) is 120 cm³/mol. The van der Waals surface area contributed by atoms with Gasteiger partial charge in [-0.2, -0.15) is 0 Å². The molecule has 7 nitrogen and oxygen atoms in total. The molecule has 9 heteroatoms. The molecule has 0 spiro atoms. The van der Waals surface area contributed by atoms with Crippen LogP contribution in [0.5, 0.6) is 5.75 Å². The molecule has 166 valence electrons. The quantitative estimate of drug-likeness (QED) is 0.762. The number of carbonyl (C=O) groups is 1. The highest BCUT2D eigenvalue weighted by atomic mass is 32.1. The summed E-state index contributed by atoms with van der Waals surface area (Å²) < 4.78 is 24.1. The molecule has 1 N–H and O–H groups in total. The summed E-state index contributed by atoms with van der Waals surface area (Å²) in [6.45, 7) is 2.42. The third kappa shape index (κ3) is 3.43. The Balaban J connectivity index is 1.66. The summed E-state index contributed by atoms with van der Waals surface area (Å²) in [5.41, 5.74) is 1.56. The number of ketones is 1. The Bertz CT molecular complexity index is 1090. The Hall–Kier alpha value is -2.39. The average Bonchev–Trinajstić information content (AvgIpc) is 3.39. The highest BCUT2D eigenvalue weighted by molar-refractivity contribution is 7.10. The summed E-state index contributed by atoms with van der Waals surface area (Å²) in [5, 5.41) is 0.752. The van der Waals surface area contributed by atoms with E-state index in [1.54, 1.807) is 0 Å². The summed E-state index contributed by atoms with van der Waals surface area (Å²) in [4.78, 5) is 31.7. The number of fused-ring (bicyclic) bond motifs is 2. The van der Waals surface area contributed by atoms with Crippen molar-refractivity contribution in [3.8, 4) is 5.75 Å². The van der Waals surface area contributed by atoms with Crippen LogP contribution in [0.2, 0.25) is 0 Å². The molecular weight excluding hydrogens is 419 g/mol. The SMILES string of the molecule is COc1c(N2CCC(CN(C)C)C2)c(F)cc2c1N(C1CC1)c1s[nH]c(=O)c1CC2=O. The van der Waals surface area contributed by atoms with E-state index in [9.17, 15) is 9.59 Å². The molecule has 0 radical (unpaired) electrons. The van der Waals surface area contributed by atoms with E-state index < -0.39 is 5.82 Å². The molecule has 2 aliphatic heterocycles. The number of aromatic amines is 1. The standard InChI is InChI=1S/C22H27FN4O3S/c1-25(2)10-12-6-7-26(11-12)19-16(23)8-14-17(28)9-15-21(29)24-31-22(15)27(13-4-5-13)18(14)20(19)30-3/h8,12-13H,4-7,9-11H2,1-3H3,(H,24,29). The van der Waals surface area contributed by atoms with E-state index in [2.05, 4.69) is 9.27 Å². The Morgan fingerprint density at radius 1 is 1.26 bits per heavy atom. The smallest absolute Gasteiger partial charge is 0.263 e. The van der Waals surface area contributed by atoms with E-state index in [1.165, 1.54) is 24.7 Å². The summed E-state index contributed by atoms with van der Waals surface area (Å²) in [6, 6.07) is 1.54. The zero-order valence-electron chi connectivity index (χ0n) is 18.0. The predicted octanol–water partition coefficient (Wildman–Crippen LogP) is 3.01. The van der Waals surface area contributed by atoms with Crippen LogP contribution in [0, 0.1) is 11.7 Å². The molecule has 1 unspecified atom stereocenters. The van der Waals surface area contributed by atoms with E-state index in [-0.39, 0.29) is 23.8 Å². The Labute approximate surface area is 184 Å². The van der Waals surface area contributed by atoms with Gasteiger partial charge in [-0.1, -0.05) is 0 Å². The van der Waals surface area contributed by atoms with Crippen molar-refractivity contribution in [2.24, 2.45) is 5.92 Å². The van der Waals surface area contributed by atoms with Crippen molar-refractivity contribution in [3.63, 3.8) is 0 Å². The maximum Gasteiger partial charge on any atom is 0.263 e. The molecule has 31 heavy (non-hydrogen) atoms. The fourth-order valence-electron chi connectivity index (χ4n) is 4.95. The van der Waals surface area contributed by atoms with Crippen molar-refractivity contribution in [3.05, 3.63) is 33.4 Å². The molecule has 1 saturated heterocycles. The van der Waals surface area contributed by atoms with E-state index >= 15 is 4.39 Å². The van der Waals surface area contributed by atoms with Gasteiger partial charge in [0.2, 0.25) is 0 Å². The van der Waals surface area contributed by atoms with Crippen LogP contribution in [-0.2, 0) is 6.42 Å². The maximum atomic E-state index is 15.5. The lowest BCUT2D eigenvalue weighted by Gasteiger charge is -2.30. The average molecular weight is 447 g/mol. The van der Waals surface area contributed by atoms with E-state index in [4.69, 9.17) is 4.74 Å². The summed E-state index contributed by atoms with van der Waals surface area (Å²) >= 11 is 1.24. The van der Waals surface area contributed by atoms with Crippen LogP contribution < -0.4 is 20.1 Å². The number of methoxy groups -OCH3 is 1. The lowest BCUT2D eigenvalue weighted by molar-refractivity contribution is 0.0993. The maximum absolute atomic E-state index is 15.5. The minimum Gasteiger partial charge on any atom is -0.492 e. The van der Waals surface area contributed by atoms with Gasteiger partial charge in [0, 0.05) is 37.7 Å². The first-order valence-electron chi connectivity index (χ1n) is 10.7. The fraction of sp³-hybridized carbons (Fsp3) is 0.545. The van der Waals surface area contributed by atoms with Gasteiger partial charge in [0.05, 0.1) is 18.4 Å². The molecule has 1 aromatic heterocycles. The van der Waals surface area contributed by atoms with Crippen molar-refractivity contribution in [2.45, 2.75) is 31.7 Å². The van der Waals surface area contributed by atoms with Crippen molar-refractivity contribution in [1.82, 2.24) is 9.27 Å². The monoisotopic (exact) mass is 446 g/mol. The van der Waals surface area contributed by atoms with Crippen molar-refractivity contribution in [1.29, 1.82) is 0 Å². The second-order valence-electron chi connectivity index (χ2n) is 9.02. The molecular formula is C22H27FN4O3S. The van der Waals surface area contributed by atoms with Gasteiger partial charge in [0.15, 0.2) is 17.3 Å². The second-order valence-corrected chi connectivity index (χ2v) is 9.81. The number of Topliss-reactive ketones (excluding diaryl/α,β-unsaturated/α-hetero) is 1. The van der Waals surface area contributed by atoms with Gasteiger partial charge in [-0.15, -0.1) is 0 Å². The van der Waals surface area contributed by atoms with Crippen LogP contribution in [0.3, 0.4) is 0 Å². The Morgan fingerprint density at radius 3 is 2.71 bits per heavy atom. The third-order valence-corrected chi connectivity index (χ3v) is 7.32. The highest BCUT2D eigenvalue weighted by Crippen LogP contribution is 2.52. The van der Waals surface area contributed by atoms with Crippen LogP contribution in [0.4, 0.5) is 20.8 Å². The number of rotatable bonds is 5. The fourth-order valence-corrected chi connectivity index (χ4v) is 5.89. The number of nitrogens with one attached hydrogen (secondary N) is 1. The molecule has 2 fully saturated rings. The number of anilines is 3. The second kappa shape index (κ2) is 7.63. The van der Waals surface area contributed by atoms with Crippen molar-refractivity contribution in [2.75, 3.05) is 50.6 Å². The minimum atomic E-state index is -0.440. The molecule has 1 aromatic carbocycles. The number of aromatic nitrogens is 1. The zero-order valence-corrected chi connectivity index (χ0v) is 18.9. The lowest BCUT2D eigenvalue weighted by atomic mass is 10.0. The Kier molecular flexibility index (Phi) is 5.05. The van der Waals surface area contributed by atoms with Crippen LogP contribution in [-0.4, -0.2) is 61.9 Å². The van der Waals surface area contributed by atoms with Gasteiger partial charge in [0.1, 0.15) is 10.7 Å². The summed E-state index contributed by atoms with van der Waals surface area (Å²) in [5.74, 6) is 0.151. The van der Waals surface area contributed by atoms with E-state index in [1.807, 2.05) is 23.9 Å². The van der Waals surface area contributed by atoms with Gasteiger partial charge in [0.25, 0.3) is 5.56 Å². The van der Waals surface area contributed by atoms with Gasteiger partial charge in [-0.3, -0.25) is 14.0 Å². The Morgan fingerprint density at radius 2 is 2.03 bits per heavy atom. The molecule has 0 bridgehead atoms. The summed E-state index contributed by atoms with van der Waals surface area (Å²) in [7, 11) is 5.63. The largest absolute Gasteiger partial charge is 0.492 e. The number of benzene rings is 1. The van der Waals surface area contributed by atoms with Crippen molar-refractivity contribution >= 4 is 33.7 Å². The molecule has 0 amide bonds. The topological polar surface area (TPSA) is 68.9 Å². The first kappa shape index (κ1) is 20.5. The van der Waals surface area contributed by atoms with Gasteiger partial charge in [-0.05, 0) is 56.9 Å². The molecule has 1 saturated carbocycles. The zero-order chi connectivity index (χ0) is 21.9. The molecule has 1 atom stereocenters. The van der Waals surface area contributed by atoms with Crippen LogP contribution >= 0.6 is 11.5 Å². The highest BCUT2D eigenvalue weighted by Gasteiger charge is 2.42. The number of nitrogens with zero attached hydrogens (tertiary/aromatic N) is 3. The van der Waals surface area contributed by atoms with Crippen molar-refractivity contribution < 1.29 is 13.9 Å². The number of ether oxygens (including phenoxy) is 1. The first-order chi connectivity index (χ1) is 14.9. The first-order valence-corrected chi connectivity index (χ1v) is 11.5. The lowest BCUT2D eigenvalue weighted by Crippen LogP contribution is -2.27. The minimum absolute atomic E-state index is 0.0268. The number of hydrogen-bond acceptors (Lipinski definition) is 7. The van der Waals surface area contributed by atoms with E-state index in [0.29, 0.717) is 34.2 Å². The molecule has 2 aromatic rings. The molecule has 5 rings (SSSR count). The number of halogens is 1. The van der Waals surface area contributed by atoms with Gasteiger partial charge >= 0.3 is 0 Å². The van der Waals surface area contributed by atoms with Gasteiger partial charge in [-0.25, -0.2) is 4.39 Å². The van der Waals surface area contributed by atoms with Crippen LogP contribution in [0.1, 0.15) is 35.2 Å². The summed E-state index contributed by atoms with van der Waals surface area (Å²) in [6.07, 6.45) is 2.88. The van der Waals surface area contributed by atoms with Gasteiger partial charge < -0.3 is 19.4 Å². The number of H-pyrrole nitrogens is 1. The normalized spacial score (nSPS) is 20.8. The number of carbonyl (C=O) groups excluding carboxylic acids is 1. The van der Waals surface area contributed by atoms with E-state index in [0.717, 1.165) is 43.9 Å². The molecule has 1 aliphatic carbocycles. The van der Waals surface area contributed by atoms with Crippen LogP contribution in [0.15, 0.2) is 10.9 Å². The third-order valence-electron chi connectivity index (χ3n) is 6.39. The number of hydrogen-bond donors (Lipinski definition) is 1. The molecule has 3 heterocycles.